The molecule has 1 heterocycles. The van der Waals surface area contributed by atoms with Gasteiger partial charge in [0.05, 0.1) is 18.3 Å². The highest BCUT2D eigenvalue weighted by Gasteiger charge is 2.42. The maximum Gasteiger partial charge on any atom is 0.240 e. The summed E-state index contributed by atoms with van der Waals surface area (Å²) >= 11 is 0. The summed E-state index contributed by atoms with van der Waals surface area (Å²) < 4.78 is 1.57. The van der Waals surface area contributed by atoms with Crippen LogP contribution in [0.5, 0.6) is 0 Å². The van der Waals surface area contributed by atoms with Crippen LogP contribution in [0.3, 0.4) is 0 Å². The number of amides is 1. The van der Waals surface area contributed by atoms with Gasteiger partial charge in [-0.1, -0.05) is 6.07 Å². The minimum absolute atomic E-state index is 0.0993. The van der Waals surface area contributed by atoms with Gasteiger partial charge in [0.2, 0.25) is 5.91 Å². The molecule has 0 spiro atoms. The molecule has 2 aromatic rings. The lowest BCUT2D eigenvalue weighted by molar-refractivity contribution is -0.120. The first kappa shape index (κ1) is 15.9. The Kier molecular flexibility index (Phi) is 4.16. The average Bonchev–Trinajstić information content (AvgIpc) is 3.30. The van der Waals surface area contributed by atoms with Gasteiger partial charge in [0.1, 0.15) is 11.9 Å². The number of hydrogen-bond acceptors (Lipinski definition) is 6. The van der Waals surface area contributed by atoms with Crippen LogP contribution >= 0.6 is 0 Å². The summed E-state index contributed by atoms with van der Waals surface area (Å²) in [7, 11) is 0. The van der Waals surface area contributed by atoms with E-state index in [0.717, 1.165) is 29.8 Å². The molecule has 1 aliphatic carbocycles. The van der Waals surface area contributed by atoms with Crippen LogP contribution in [0.15, 0.2) is 24.5 Å². The third kappa shape index (κ3) is 3.35. The Hall–Kier alpha value is -2.95. The van der Waals surface area contributed by atoms with Crippen LogP contribution in [-0.2, 0) is 4.79 Å². The number of anilines is 1. The van der Waals surface area contributed by atoms with Crippen LogP contribution in [0, 0.1) is 24.2 Å². The molecule has 1 saturated carbocycles. The Morgan fingerprint density at radius 1 is 1.50 bits per heavy atom. The van der Waals surface area contributed by atoms with Crippen molar-refractivity contribution in [3.8, 4) is 11.8 Å². The largest absolute Gasteiger partial charge is 0.376 e. The quantitative estimate of drug-likeness (QED) is 0.826. The lowest BCUT2D eigenvalue weighted by Crippen LogP contribution is -2.48. The van der Waals surface area contributed by atoms with Crippen molar-refractivity contribution in [2.75, 3.05) is 11.9 Å². The van der Waals surface area contributed by atoms with Crippen LogP contribution in [0.25, 0.3) is 5.69 Å². The molecular weight excluding hydrogens is 306 g/mol. The molecule has 1 aliphatic rings. The number of carbonyl (C=O) groups is 1. The first-order valence-corrected chi connectivity index (χ1v) is 7.82. The molecule has 0 aliphatic heterocycles. The molecular formula is C16H19N7O. The summed E-state index contributed by atoms with van der Waals surface area (Å²) in [6.45, 7) is 3.84. The molecule has 3 rings (SSSR count). The summed E-state index contributed by atoms with van der Waals surface area (Å²) in [5, 5.41) is 26.3. The van der Waals surface area contributed by atoms with Gasteiger partial charge < -0.3 is 10.6 Å². The van der Waals surface area contributed by atoms with Gasteiger partial charge in [-0.05, 0) is 60.7 Å². The van der Waals surface area contributed by atoms with E-state index in [1.807, 2.05) is 25.1 Å². The number of rotatable bonds is 6. The lowest BCUT2D eigenvalue weighted by atomic mass is 9.98. The number of nitrogens with zero attached hydrogens (tertiary/aromatic N) is 5. The molecule has 1 atom stereocenters. The Morgan fingerprint density at radius 2 is 2.29 bits per heavy atom. The third-order valence-corrected chi connectivity index (χ3v) is 4.28. The Balaban J connectivity index is 1.64. The fraction of sp³-hybridized carbons (Fsp3) is 0.438. The molecule has 0 bridgehead atoms. The van der Waals surface area contributed by atoms with Crippen molar-refractivity contribution in [1.29, 1.82) is 5.26 Å². The van der Waals surface area contributed by atoms with E-state index in [9.17, 15) is 10.1 Å². The van der Waals surface area contributed by atoms with E-state index < -0.39 is 5.54 Å². The smallest absolute Gasteiger partial charge is 0.240 e. The van der Waals surface area contributed by atoms with E-state index in [1.54, 1.807) is 11.6 Å². The summed E-state index contributed by atoms with van der Waals surface area (Å²) in [6.07, 6.45) is 3.50. The van der Waals surface area contributed by atoms with E-state index in [1.165, 1.54) is 6.33 Å². The van der Waals surface area contributed by atoms with E-state index in [-0.39, 0.29) is 18.4 Å². The van der Waals surface area contributed by atoms with Crippen molar-refractivity contribution in [2.24, 2.45) is 5.92 Å². The molecule has 1 fully saturated rings. The fourth-order valence-electron chi connectivity index (χ4n) is 2.64. The summed E-state index contributed by atoms with van der Waals surface area (Å²) in [5.41, 5.74) is 1.86. The maximum atomic E-state index is 12.1. The lowest BCUT2D eigenvalue weighted by Gasteiger charge is -2.23. The fourth-order valence-corrected chi connectivity index (χ4v) is 2.64. The highest BCUT2D eigenvalue weighted by Crippen LogP contribution is 2.39. The predicted octanol–water partition coefficient (Wildman–Crippen LogP) is 1.19. The molecule has 124 valence electrons. The zero-order valence-electron chi connectivity index (χ0n) is 13.7. The SMILES string of the molecule is Cc1ccc(NCC(=O)N[C@@](C)(C#N)C2CC2)cc1-n1cnnn1. The van der Waals surface area contributed by atoms with E-state index >= 15 is 0 Å². The topological polar surface area (TPSA) is 109 Å². The number of tetrazole rings is 1. The average molecular weight is 325 g/mol. The minimum Gasteiger partial charge on any atom is -0.376 e. The van der Waals surface area contributed by atoms with Gasteiger partial charge in [0.25, 0.3) is 0 Å². The van der Waals surface area contributed by atoms with Gasteiger partial charge in [0, 0.05) is 5.69 Å². The van der Waals surface area contributed by atoms with E-state index in [4.69, 9.17) is 0 Å². The highest BCUT2D eigenvalue weighted by molar-refractivity contribution is 5.82. The van der Waals surface area contributed by atoms with Crippen molar-refractivity contribution >= 4 is 11.6 Å². The third-order valence-electron chi connectivity index (χ3n) is 4.28. The van der Waals surface area contributed by atoms with Crippen LogP contribution in [0.1, 0.15) is 25.3 Å². The number of hydrogen-bond donors (Lipinski definition) is 2. The first-order chi connectivity index (χ1) is 11.5. The molecule has 1 aromatic heterocycles. The van der Waals surface area contributed by atoms with Crippen molar-refractivity contribution in [1.82, 2.24) is 25.5 Å². The molecule has 0 saturated heterocycles. The first-order valence-electron chi connectivity index (χ1n) is 7.82. The van der Waals surface area contributed by atoms with Gasteiger partial charge in [0.15, 0.2) is 0 Å². The second kappa shape index (κ2) is 6.28. The highest BCUT2D eigenvalue weighted by atomic mass is 16.2. The van der Waals surface area contributed by atoms with Crippen LogP contribution in [0.2, 0.25) is 0 Å². The number of aryl methyl sites for hydroxylation is 1. The maximum absolute atomic E-state index is 12.1. The van der Waals surface area contributed by atoms with Gasteiger partial charge in [-0.3, -0.25) is 4.79 Å². The normalized spacial score (nSPS) is 16.0. The summed E-state index contributed by atoms with van der Waals surface area (Å²) in [6, 6.07) is 7.92. The zero-order chi connectivity index (χ0) is 17.2. The Morgan fingerprint density at radius 3 is 2.92 bits per heavy atom. The molecule has 0 radical (unpaired) electrons. The molecule has 8 nitrogen and oxygen atoms in total. The van der Waals surface area contributed by atoms with Gasteiger partial charge >= 0.3 is 0 Å². The Bertz CT molecular complexity index is 776. The molecule has 1 aromatic carbocycles. The van der Waals surface area contributed by atoms with E-state index in [2.05, 4.69) is 32.2 Å². The number of nitriles is 1. The van der Waals surface area contributed by atoms with Crippen LogP contribution in [0.4, 0.5) is 5.69 Å². The monoisotopic (exact) mass is 325 g/mol. The molecule has 0 unspecified atom stereocenters. The standard InChI is InChI=1S/C16H19N7O/c1-11-3-6-13(7-14(11)23-10-19-21-22-23)18-8-15(24)20-16(2,9-17)12-4-5-12/h3,6-7,10,12,18H,4-5,8H2,1-2H3,(H,20,24)/t16-/m0/s1. The Labute approximate surface area is 139 Å². The van der Waals surface area contributed by atoms with Gasteiger partial charge in [-0.15, -0.1) is 5.10 Å². The minimum atomic E-state index is -0.774. The van der Waals surface area contributed by atoms with Crippen molar-refractivity contribution in [3.05, 3.63) is 30.1 Å². The summed E-state index contributed by atoms with van der Waals surface area (Å²) in [4.78, 5) is 12.1. The second-order valence-corrected chi connectivity index (χ2v) is 6.25. The number of nitrogens with one attached hydrogen (secondary N) is 2. The molecule has 1 amide bonds. The van der Waals surface area contributed by atoms with Crippen molar-refractivity contribution in [3.63, 3.8) is 0 Å². The zero-order valence-corrected chi connectivity index (χ0v) is 13.7. The van der Waals surface area contributed by atoms with E-state index in [0.29, 0.717) is 0 Å². The molecule has 8 heteroatoms. The van der Waals surface area contributed by atoms with Gasteiger partial charge in [-0.2, -0.15) is 5.26 Å². The number of aromatic nitrogens is 4. The van der Waals surface area contributed by atoms with Crippen LogP contribution < -0.4 is 10.6 Å². The van der Waals surface area contributed by atoms with Crippen molar-refractivity contribution < 1.29 is 4.79 Å². The van der Waals surface area contributed by atoms with Crippen molar-refractivity contribution in [2.45, 2.75) is 32.2 Å². The van der Waals surface area contributed by atoms with Gasteiger partial charge in [-0.25, -0.2) is 4.68 Å². The molecule has 2 N–H and O–H groups in total. The number of carbonyl (C=O) groups excluding carboxylic acids is 1. The summed E-state index contributed by atoms with van der Waals surface area (Å²) in [5.74, 6) is 0.0627. The second-order valence-electron chi connectivity index (χ2n) is 6.25. The number of benzene rings is 1. The van der Waals surface area contributed by atoms with Crippen LogP contribution in [-0.4, -0.2) is 38.2 Å². The molecule has 24 heavy (non-hydrogen) atoms. The predicted molar refractivity (Wildman–Crippen MR) is 87.3 cm³/mol.